The van der Waals surface area contributed by atoms with Gasteiger partial charge in [0.2, 0.25) is 11.2 Å². The van der Waals surface area contributed by atoms with Gasteiger partial charge in [-0.25, -0.2) is 4.98 Å². The predicted octanol–water partition coefficient (Wildman–Crippen LogP) is 1.87. The number of hydrogen-bond donors (Lipinski definition) is 1. The third-order valence-electron chi connectivity index (χ3n) is 2.54. The zero-order valence-corrected chi connectivity index (χ0v) is 11.2. The van der Waals surface area contributed by atoms with Gasteiger partial charge in [-0.15, -0.1) is 0 Å². The molecule has 3 aromatic rings. The van der Waals surface area contributed by atoms with Gasteiger partial charge in [-0.05, 0) is 30.7 Å². The van der Waals surface area contributed by atoms with Crippen molar-refractivity contribution in [2.45, 2.75) is 13.0 Å². The van der Waals surface area contributed by atoms with Gasteiger partial charge in [0.1, 0.15) is 18.4 Å². The molecule has 1 atom stereocenters. The summed E-state index contributed by atoms with van der Waals surface area (Å²) in [5.74, 6) is 1.39. The summed E-state index contributed by atoms with van der Waals surface area (Å²) in [7, 11) is 0. The summed E-state index contributed by atoms with van der Waals surface area (Å²) in [4.78, 5) is 16.1. The fourth-order valence-corrected chi connectivity index (χ4v) is 1.78. The average molecular weight is 292 g/mol. The van der Waals surface area contributed by atoms with Crippen molar-refractivity contribution >= 4 is 17.5 Å². The van der Waals surface area contributed by atoms with E-state index in [1.807, 2.05) is 19.1 Å². The van der Waals surface area contributed by atoms with Gasteiger partial charge in [0.05, 0.1) is 12.3 Å². The Balaban J connectivity index is 1.87. The summed E-state index contributed by atoms with van der Waals surface area (Å²) in [6, 6.07) is 3.57. The molecule has 3 rings (SSSR count). The van der Waals surface area contributed by atoms with Crippen LogP contribution in [0.3, 0.4) is 0 Å². The molecule has 0 aliphatic heterocycles. The molecule has 8 nitrogen and oxygen atoms in total. The van der Waals surface area contributed by atoms with Crippen molar-refractivity contribution in [2.75, 3.05) is 5.32 Å². The van der Waals surface area contributed by atoms with Gasteiger partial charge in [-0.2, -0.15) is 24.7 Å². The molecule has 0 spiro atoms. The van der Waals surface area contributed by atoms with Crippen LogP contribution in [-0.2, 0) is 0 Å². The number of furan rings is 1. The fourth-order valence-electron chi connectivity index (χ4n) is 1.62. The molecule has 0 radical (unpaired) electrons. The summed E-state index contributed by atoms with van der Waals surface area (Å²) < 4.78 is 6.71. The minimum absolute atomic E-state index is 0.0691. The first-order chi connectivity index (χ1) is 9.72. The van der Waals surface area contributed by atoms with Gasteiger partial charge < -0.3 is 9.73 Å². The Kier molecular flexibility index (Phi) is 3.30. The molecule has 0 saturated carbocycles. The molecule has 0 aliphatic carbocycles. The van der Waals surface area contributed by atoms with Gasteiger partial charge >= 0.3 is 0 Å². The average Bonchev–Trinajstić information content (AvgIpc) is 3.12. The highest BCUT2D eigenvalue weighted by Crippen LogP contribution is 2.18. The number of halogens is 1. The van der Waals surface area contributed by atoms with Gasteiger partial charge in [-0.1, -0.05) is 0 Å². The van der Waals surface area contributed by atoms with E-state index >= 15 is 0 Å². The molecule has 0 bridgehead atoms. The standard InChI is InChI=1S/C11H10ClN7O/c1-7(8-3-2-4-20-8)15-10-16-9(12)17-11(18-10)19-6-13-5-14-19/h2-7H,1H3,(H,15,16,17,18). The molecule has 1 unspecified atom stereocenters. The first-order valence-electron chi connectivity index (χ1n) is 5.79. The van der Waals surface area contributed by atoms with E-state index in [4.69, 9.17) is 16.0 Å². The Bertz CT molecular complexity index is 683. The van der Waals surface area contributed by atoms with E-state index in [1.165, 1.54) is 17.3 Å². The highest BCUT2D eigenvalue weighted by Gasteiger charge is 2.12. The second-order valence-electron chi connectivity index (χ2n) is 3.95. The van der Waals surface area contributed by atoms with E-state index in [9.17, 15) is 0 Å². The van der Waals surface area contributed by atoms with Crippen molar-refractivity contribution < 1.29 is 4.42 Å². The van der Waals surface area contributed by atoms with Gasteiger partial charge in [0, 0.05) is 0 Å². The fraction of sp³-hybridized carbons (Fsp3) is 0.182. The lowest BCUT2D eigenvalue weighted by atomic mass is 10.2. The number of nitrogens with one attached hydrogen (secondary N) is 1. The van der Waals surface area contributed by atoms with Crippen molar-refractivity contribution in [3.63, 3.8) is 0 Å². The highest BCUT2D eigenvalue weighted by molar-refractivity contribution is 6.28. The molecular weight excluding hydrogens is 282 g/mol. The normalized spacial score (nSPS) is 12.3. The SMILES string of the molecule is CC(Nc1nc(Cl)nc(-n2cncn2)n1)c1ccco1. The maximum absolute atomic E-state index is 5.89. The Morgan fingerprint density at radius 3 is 2.95 bits per heavy atom. The topological polar surface area (TPSA) is 94.6 Å². The van der Waals surface area contributed by atoms with Crippen molar-refractivity contribution in [3.05, 3.63) is 42.1 Å². The van der Waals surface area contributed by atoms with Crippen molar-refractivity contribution in [1.82, 2.24) is 29.7 Å². The molecule has 0 fully saturated rings. The molecule has 0 saturated heterocycles. The van der Waals surface area contributed by atoms with E-state index < -0.39 is 0 Å². The molecule has 102 valence electrons. The Morgan fingerprint density at radius 1 is 1.35 bits per heavy atom. The van der Waals surface area contributed by atoms with Gasteiger partial charge in [0.15, 0.2) is 0 Å². The van der Waals surface area contributed by atoms with Crippen LogP contribution < -0.4 is 5.32 Å². The van der Waals surface area contributed by atoms with Crippen LogP contribution in [0.5, 0.6) is 0 Å². The molecule has 1 N–H and O–H groups in total. The molecule has 0 amide bonds. The second-order valence-corrected chi connectivity index (χ2v) is 4.29. The monoisotopic (exact) mass is 291 g/mol. The van der Waals surface area contributed by atoms with E-state index in [0.29, 0.717) is 5.95 Å². The Hall–Kier alpha value is -2.48. The van der Waals surface area contributed by atoms with Crippen LogP contribution in [0.1, 0.15) is 18.7 Å². The van der Waals surface area contributed by atoms with Crippen LogP contribution in [-0.4, -0.2) is 29.7 Å². The Morgan fingerprint density at radius 2 is 2.25 bits per heavy atom. The van der Waals surface area contributed by atoms with Crippen LogP contribution in [0.25, 0.3) is 5.95 Å². The molecule has 3 heterocycles. The summed E-state index contributed by atoms with van der Waals surface area (Å²) in [6.07, 6.45) is 4.47. The quantitative estimate of drug-likeness (QED) is 0.784. The second kappa shape index (κ2) is 5.25. The summed E-state index contributed by atoms with van der Waals surface area (Å²) in [5.41, 5.74) is 0. The number of aromatic nitrogens is 6. The molecule has 9 heteroatoms. The molecule has 20 heavy (non-hydrogen) atoms. The number of anilines is 1. The summed E-state index contributed by atoms with van der Waals surface area (Å²) in [6.45, 7) is 1.92. The number of nitrogens with zero attached hydrogens (tertiary/aromatic N) is 6. The summed E-state index contributed by atoms with van der Waals surface area (Å²) in [5, 5.41) is 7.10. The Labute approximate surface area is 118 Å². The van der Waals surface area contributed by atoms with Crippen molar-refractivity contribution in [3.8, 4) is 5.95 Å². The van der Waals surface area contributed by atoms with Crippen LogP contribution in [0, 0.1) is 0 Å². The first kappa shape index (κ1) is 12.5. The summed E-state index contributed by atoms with van der Waals surface area (Å²) >= 11 is 5.89. The van der Waals surface area contributed by atoms with Gasteiger partial charge in [-0.3, -0.25) is 0 Å². The van der Waals surface area contributed by atoms with Crippen LogP contribution in [0.2, 0.25) is 5.28 Å². The lowest BCUT2D eigenvalue weighted by Gasteiger charge is -2.11. The van der Waals surface area contributed by atoms with E-state index in [-0.39, 0.29) is 17.3 Å². The molecule has 3 aromatic heterocycles. The third kappa shape index (κ3) is 2.59. The first-order valence-corrected chi connectivity index (χ1v) is 6.16. The maximum atomic E-state index is 5.89. The molecule has 0 aliphatic rings. The smallest absolute Gasteiger partial charge is 0.258 e. The largest absolute Gasteiger partial charge is 0.467 e. The molecular formula is C11H10ClN7O. The van der Waals surface area contributed by atoms with Crippen LogP contribution >= 0.6 is 11.6 Å². The lowest BCUT2D eigenvalue weighted by Crippen LogP contribution is -2.12. The maximum Gasteiger partial charge on any atom is 0.258 e. The van der Waals surface area contributed by atoms with Crippen LogP contribution in [0.4, 0.5) is 5.95 Å². The number of rotatable bonds is 4. The van der Waals surface area contributed by atoms with E-state index in [2.05, 4.69) is 30.4 Å². The predicted molar refractivity (Wildman–Crippen MR) is 70.5 cm³/mol. The number of hydrogen-bond acceptors (Lipinski definition) is 7. The molecule has 0 aromatic carbocycles. The minimum atomic E-state index is -0.105. The van der Waals surface area contributed by atoms with E-state index in [0.717, 1.165) is 5.76 Å². The lowest BCUT2D eigenvalue weighted by molar-refractivity contribution is 0.489. The van der Waals surface area contributed by atoms with E-state index in [1.54, 1.807) is 6.26 Å². The van der Waals surface area contributed by atoms with Crippen molar-refractivity contribution in [2.24, 2.45) is 0 Å². The third-order valence-corrected chi connectivity index (χ3v) is 2.70. The van der Waals surface area contributed by atoms with Crippen molar-refractivity contribution in [1.29, 1.82) is 0 Å². The zero-order valence-electron chi connectivity index (χ0n) is 10.4. The van der Waals surface area contributed by atoms with Crippen LogP contribution in [0.15, 0.2) is 35.5 Å². The van der Waals surface area contributed by atoms with Gasteiger partial charge in [0.25, 0.3) is 5.95 Å². The highest BCUT2D eigenvalue weighted by atomic mass is 35.5. The minimum Gasteiger partial charge on any atom is -0.467 e. The zero-order chi connectivity index (χ0) is 13.9.